The quantitative estimate of drug-likeness (QED) is 0.508. The Labute approximate surface area is 164 Å². The number of thioether (sulfide) groups is 1. The fourth-order valence-corrected chi connectivity index (χ4v) is 3.58. The lowest BCUT2D eigenvalue weighted by Gasteiger charge is -2.12. The maximum atomic E-state index is 14.0. The fourth-order valence-electron chi connectivity index (χ4n) is 2.22. The molecule has 1 saturated heterocycles. The zero-order valence-corrected chi connectivity index (χ0v) is 15.7. The number of aliphatic imine (C=N–C) groups is 1. The SMILES string of the molecule is C=CCN1C(=O)/C(=C/c2c(F)cccc2Cl)SC1=Nc1ccncc1Cl. The molecule has 0 bridgehead atoms. The number of halogens is 3. The maximum Gasteiger partial charge on any atom is 0.267 e. The second kappa shape index (κ2) is 8.03. The van der Waals surface area contributed by atoms with Gasteiger partial charge in [0.15, 0.2) is 5.17 Å². The van der Waals surface area contributed by atoms with E-state index in [0.717, 1.165) is 11.8 Å². The van der Waals surface area contributed by atoms with Crippen LogP contribution in [0.25, 0.3) is 6.08 Å². The molecule has 0 saturated carbocycles. The topological polar surface area (TPSA) is 45.6 Å². The predicted molar refractivity (Wildman–Crippen MR) is 105 cm³/mol. The van der Waals surface area contributed by atoms with Crippen molar-refractivity contribution in [2.24, 2.45) is 4.99 Å². The van der Waals surface area contributed by atoms with Gasteiger partial charge in [0.1, 0.15) is 5.82 Å². The van der Waals surface area contributed by atoms with Gasteiger partial charge in [0.2, 0.25) is 0 Å². The van der Waals surface area contributed by atoms with Crippen molar-refractivity contribution < 1.29 is 9.18 Å². The molecule has 1 amide bonds. The van der Waals surface area contributed by atoms with Gasteiger partial charge < -0.3 is 0 Å². The van der Waals surface area contributed by atoms with Crippen molar-refractivity contribution in [3.8, 4) is 0 Å². The molecule has 0 atom stereocenters. The van der Waals surface area contributed by atoms with E-state index in [1.54, 1.807) is 24.4 Å². The smallest absolute Gasteiger partial charge is 0.267 e. The number of hydrogen-bond acceptors (Lipinski definition) is 4. The Bertz CT molecular complexity index is 926. The molecule has 8 heteroatoms. The number of hydrogen-bond donors (Lipinski definition) is 0. The largest absolute Gasteiger partial charge is 0.283 e. The van der Waals surface area contributed by atoms with E-state index in [4.69, 9.17) is 23.2 Å². The van der Waals surface area contributed by atoms with E-state index in [0.29, 0.717) is 20.8 Å². The van der Waals surface area contributed by atoms with Crippen molar-refractivity contribution in [2.75, 3.05) is 6.54 Å². The molecule has 1 aromatic carbocycles. The summed E-state index contributed by atoms with van der Waals surface area (Å²) in [6, 6.07) is 6.00. The summed E-state index contributed by atoms with van der Waals surface area (Å²) in [6.45, 7) is 3.92. The number of amides is 1. The Hall–Kier alpha value is -2.15. The number of amidine groups is 1. The van der Waals surface area contributed by atoms with Crippen molar-refractivity contribution in [3.63, 3.8) is 0 Å². The molecule has 0 N–H and O–H groups in total. The van der Waals surface area contributed by atoms with Gasteiger partial charge in [0, 0.05) is 24.5 Å². The van der Waals surface area contributed by atoms with Gasteiger partial charge in [-0.1, -0.05) is 35.3 Å². The maximum absolute atomic E-state index is 14.0. The van der Waals surface area contributed by atoms with E-state index in [1.807, 2.05) is 0 Å². The molecule has 4 nitrogen and oxygen atoms in total. The highest BCUT2D eigenvalue weighted by atomic mass is 35.5. The Morgan fingerprint density at radius 3 is 2.81 bits per heavy atom. The minimum absolute atomic E-state index is 0.159. The molecule has 0 spiro atoms. The van der Waals surface area contributed by atoms with E-state index in [-0.39, 0.29) is 23.0 Å². The number of rotatable bonds is 4. The number of nitrogens with zero attached hydrogens (tertiary/aromatic N) is 3. The highest BCUT2D eigenvalue weighted by Crippen LogP contribution is 2.36. The van der Waals surface area contributed by atoms with E-state index >= 15 is 0 Å². The standard InChI is InChI=1S/C18H12Cl2FN3OS/c1-2-8-24-17(25)16(9-11-12(19)4-3-5-14(11)21)26-18(24)23-15-6-7-22-10-13(15)20/h2-7,9-10H,1,8H2/b16-9-,23-18?. The lowest BCUT2D eigenvalue weighted by molar-refractivity contribution is -0.121. The molecule has 1 fully saturated rings. The molecular formula is C18H12Cl2FN3OS. The molecule has 2 heterocycles. The molecule has 0 unspecified atom stereocenters. The number of carbonyl (C=O) groups excluding carboxylic acids is 1. The Morgan fingerprint density at radius 2 is 2.12 bits per heavy atom. The third-order valence-corrected chi connectivity index (χ3v) is 5.07. The second-order valence-electron chi connectivity index (χ2n) is 5.17. The van der Waals surface area contributed by atoms with E-state index < -0.39 is 5.82 Å². The van der Waals surface area contributed by atoms with Crippen LogP contribution in [0.1, 0.15) is 5.56 Å². The van der Waals surface area contributed by atoms with Gasteiger partial charge in [-0.2, -0.15) is 0 Å². The highest BCUT2D eigenvalue weighted by Gasteiger charge is 2.33. The van der Waals surface area contributed by atoms with Crippen LogP contribution in [0.15, 0.2) is 59.2 Å². The third kappa shape index (κ3) is 3.82. The third-order valence-electron chi connectivity index (χ3n) is 3.44. The molecule has 0 aliphatic carbocycles. The first-order valence-corrected chi connectivity index (χ1v) is 9.03. The van der Waals surface area contributed by atoms with Crippen LogP contribution in [0.2, 0.25) is 10.0 Å². The minimum atomic E-state index is -0.503. The average Bonchev–Trinajstić information content (AvgIpc) is 2.89. The summed E-state index contributed by atoms with van der Waals surface area (Å²) in [6.07, 6.45) is 6.04. The van der Waals surface area contributed by atoms with E-state index in [2.05, 4.69) is 16.6 Å². The Morgan fingerprint density at radius 1 is 1.31 bits per heavy atom. The van der Waals surface area contributed by atoms with Gasteiger partial charge in [-0.15, -0.1) is 6.58 Å². The van der Waals surface area contributed by atoms with Crippen LogP contribution in [0.5, 0.6) is 0 Å². The summed E-state index contributed by atoms with van der Waals surface area (Å²) in [5.74, 6) is -0.811. The summed E-state index contributed by atoms with van der Waals surface area (Å²) in [5, 5.41) is 1.01. The molecular weight excluding hydrogens is 396 g/mol. The van der Waals surface area contributed by atoms with Crippen LogP contribution in [-0.4, -0.2) is 27.5 Å². The number of aromatic nitrogens is 1. The number of carbonyl (C=O) groups is 1. The second-order valence-corrected chi connectivity index (χ2v) is 7.00. The van der Waals surface area contributed by atoms with Crippen molar-refractivity contribution in [2.45, 2.75) is 0 Å². The molecule has 1 aliphatic heterocycles. The van der Waals surface area contributed by atoms with Crippen molar-refractivity contribution in [3.05, 3.63) is 75.6 Å². The zero-order valence-electron chi connectivity index (χ0n) is 13.3. The number of benzene rings is 1. The van der Waals surface area contributed by atoms with Gasteiger partial charge in [-0.3, -0.25) is 14.7 Å². The zero-order chi connectivity index (χ0) is 18.7. The first kappa shape index (κ1) is 18.6. The van der Waals surface area contributed by atoms with Crippen molar-refractivity contribution in [1.82, 2.24) is 9.88 Å². The molecule has 3 rings (SSSR count). The predicted octanol–water partition coefficient (Wildman–Crippen LogP) is 5.32. The summed E-state index contributed by atoms with van der Waals surface area (Å²) in [4.78, 5) is 22.8. The van der Waals surface area contributed by atoms with Crippen LogP contribution in [0.4, 0.5) is 10.1 Å². The van der Waals surface area contributed by atoms with Crippen LogP contribution in [0.3, 0.4) is 0 Å². The van der Waals surface area contributed by atoms with Crippen LogP contribution < -0.4 is 0 Å². The minimum Gasteiger partial charge on any atom is -0.283 e. The van der Waals surface area contributed by atoms with Gasteiger partial charge >= 0.3 is 0 Å². The molecule has 2 aromatic rings. The Balaban J connectivity index is 2.03. The molecule has 132 valence electrons. The van der Waals surface area contributed by atoms with Crippen LogP contribution >= 0.6 is 35.0 Å². The molecule has 1 aromatic heterocycles. The fraction of sp³-hybridized carbons (Fsp3) is 0.0556. The summed E-state index contributed by atoms with van der Waals surface area (Å²) < 4.78 is 14.0. The normalized spacial score (nSPS) is 17.3. The van der Waals surface area contributed by atoms with E-state index in [9.17, 15) is 9.18 Å². The lowest BCUT2D eigenvalue weighted by atomic mass is 10.2. The number of pyridine rings is 1. The molecule has 26 heavy (non-hydrogen) atoms. The van der Waals surface area contributed by atoms with Crippen LogP contribution in [0, 0.1) is 5.82 Å². The summed E-state index contributed by atoms with van der Waals surface area (Å²) in [5.41, 5.74) is 0.642. The summed E-state index contributed by atoms with van der Waals surface area (Å²) in [7, 11) is 0. The first-order valence-electron chi connectivity index (χ1n) is 7.45. The average molecular weight is 408 g/mol. The van der Waals surface area contributed by atoms with E-state index in [1.165, 1.54) is 29.3 Å². The summed E-state index contributed by atoms with van der Waals surface area (Å²) >= 11 is 13.3. The molecule has 0 radical (unpaired) electrons. The lowest BCUT2D eigenvalue weighted by Crippen LogP contribution is -2.29. The monoisotopic (exact) mass is 407 g/mol. The first-order chi connectivity index (χ1) is 12.5. The van der Waals surface area contributed by atoms with Gasteiger partial charge in [-0.05, 0) is 36.0 Å². The van der Waals surface area contributed by atoms with Crippen molar-refractivity contribution in [1.29, 1.82) is 0 Å². The van der Waals surface area contributed by atoms with Gasteiger partial charge in [0.05, 0.1) is 20.6 Å². The van der Waals surface area contributed by atoms with Crippen molar-refractivity contribution >= 4 is 57.8 Å². The Kier molecular flexibility index (Phi) is 5.76. The molecule has 1 aliphatic rings. The van der Waals surface area contributed by atoms with Crippen LogP contribution in [-0.2, 0) is 4.79 Å². The van der Waals surface area contributed by atoms with Gasteiger partial charge in [0.25, 0.3) is 5.91 Å². The highest BCUT2D eigenvalue weighted by molar-refractivity contribution is 8.18. The van der Waals surface area contributed by atoms with Gasteiger partial charge in [-0.25, -0.2) is 9.38 Å².